The fourth-order valence-corrected chi connectivity index (χ4v) is 1.82. The second kappa shape index (κ2) is 6.39. The Morgan fingerprint density at radius 1 is 1.20 bits per heavy atom. The van der Waals surface area contributed by atoms with Gasteiger partial charge in [-0.05, 0) is 42.3 Å². The number of aromatic hydroxyl groups is 1. The number of amides is 1. The van der Waals surface area contributed by atoms with Crippen LogP contribution in [-0.4, -0.2) is 17.6 Å². The molecule has 0 fully saturated rings. The molecule has 0 atom stereocenters. The van der Waals surface area contributed by atoms with E-state index in [0.29, 0.717) is 24.1 Å². The monoisotopic (exact) mass is 266 g/mol. The summed E-state index contributed by atoms with van der Waals surface area (Å²) >= 11 is 0. The Kier molecular flexibility index (Phi) is 4.35. The van der Waals surface area contributed by atoms with Crippen molar-refractivity contribution in [1.82, 2.24) is 5.32 Å². The van der Waals surface area contributed by atoms with Crippen LogP contribution < -0.4 is 5.32 Å². The first-order valence-corrected chi connectivity index (χ1v) is 6.25. The largest absolute Gasteiger partial charge is 0.508 e. The van der Waals surface area contributed by atoms with Gasteiger partial charge in [-0.3, -0.25) is 4.79 Å². The van der Waals surface area contributed by atoms with E-state index in [4.69, 9.17) is 5.26 Å². The van der Waals surface area contributed by atoms with E-state index >= 15 is 0 Å². The maximum Gasteiger partial charge on any atom is 0.251 e. The highest BCUT2D eigenvalue weighted by Crippen LogP contribution is 2.09. The van der Waals surface area contributed by atoms with E-state index in [1.54, 1.807) is 36.4 Å². The van der Waals surface area contributed by atoms with Crippen molar-refractivity contribution < 1.29 is 9.90 Å². The molecule has 2 aromatic rings. The van der Waals surface area contributed by atoms with Crippen molar-refractivity contribution in [3.63, 3.8) is 0 Å². The summed E-state index contributed by atoms with van der Waals surface area (Å²) in [6, 6.07) is 15.5. The van der Waals surface area contributed by atoms with Crippen LogP contribution in [0, 0.1) is 11.3 Å². The van der Waals surface area contributed by atoms with Crippen LogP contribution >= 0.6 is 0 Å². The SMILES string of the molecule is N#Cc1cccc(C(=O)NCCc2ccc(O)cc2)c1. The van der Waals surface area contributed by atoms with Gasteiger partial charge in [-0.15, -0.1) is 0 Å². The first kappa shape index (κ1) is 13.6. The normalized spacial score (nSPS) is 9.75. The third-order valence-electron chi connectivity index (χ3n) is 2.89. The van der Waals surface area contributed by atoms with Gasteiger partial charge in [0.2, 0.25) is 0 Å². The van der Waals surface area contributed by atoms with Gasteiger partial charge in [0.05, 0.1) is 11.6 Å². The summed E-state index contributed by atoms with van der Waals surface area (Å²) in [5.74, 6) is 0.0342. The number of nitrogens with zero attached hydrogens (tertiary/aromatic N) is 1. The fourth-order valence-electron chi connectivity index (χ4n) is 1.82. The van der Waals surface area contributed by atoms with Gasteiger partial charge in [-0.25, -0.2) is 0 Å². The second-order valence-electron chi connectivity index (χ2n) is 4.36. The number of carbonyl (C=O) groups is 1. The number of phenols is 1. The standard InChI is InChI=1S/C16H14N2O2/c17-11-13-2-1-3-14(10-13)16(20)18-9-8-12-4-6-15(19)7-5-12/h1-7,10,19H,8-9H2,(H,18,20). The number of hydrogen-bond donors (Lipinski definition) is 2. The number of benzene rings is 2. The summed E-state index contributed by atoms with van der Waals surface area (Å²) in [5, 5.41) is 20.8. The minimum absolute atomic E-state index is 0.194. The number of phenolic OH excluding ortho intramolecular Hbond substituents is 1. The topological polar surface area (TPSA) is 73.1 Å². The fraction of sp³-hybridized carbons (Fsp3) is 0.125. The predicted octanol–water partition coefficient (Wildman–Crippen LogP) is 2.24. The third kappa shape index (κ3) is 3.59. The van der Waals surface area contributed by atoms with Crippen molar-refractivity contribution in [2.75, 3.05) is 6.54 Å². The molecule has 0 saturated heterocycles. The number of nitrogens with one attached hydrogen (secondary N) is 1. The maximum absolute atomic E-state index is 11.9. The minimum atomic E-state index is -0.194. The van der Waals surface area contributed by atoms with E-state index in [1.807, 2.05) is 18.2 Å². The molecule has 0 aromatic heterocycles. The van der Waals surface area contributed by atoms with Crippen LogP contribution in [0.25, 0.3) is 0 Å². The number of carbonyl (C=O) groups excluding carboxylic acids is 1. The van der Waals surface area contributed by atoms with Gasteiger partial charge in [0.1, 0.15) is 5.75 Å². The molecule has 100 valence electrons. The van der Waals surface area contributed by atoms with Crippen LogP contribution in [0.5, 0.6) is 5.75 Å². The Morgan fingerprint density at radius 3 is 2.65 bits per heavy atom. The molecular weight excluding hydrogens is 252 g/mol. The summed E-state index contributed by atoms with van der Waals surface area (Å²) in [5.41, 5.74) is 1.99. The molecule has 2 rings (SSSR count). The number of rotatable bonds is 4. The first-order valence-electron chi connectivity index (χ1n) is 6.25. The Morgan fingerprint density at radius 2 is 1.95 bits per heavy atom. The van der Waals surface area contributed by atoms with Crippen LogP contribution in [0.1, 0.15) is 21.5 Å². The van der Waals surface area contributed by atoms with E-state index in [-0.39, 0.29) is 11.7 Å². The summed E-state index contributed by atoms with van der Waals surface area (Å²) in [7, 11) is 0. The maximum atomic E-state index is 11.9. The molecule has 0 saturated carbocycles. The summed E-state index contributed by atoms with van der Waals surface area (Å²) in [6.45, 7) is 0.500. The summed E-state index contributed by atoms with van der Waals surface area (Å²) < 4.78 is 0. The second-order valence-corrected chi connectivity index (χ2v) is 4.36. The van der Waals surface area contributed by atoms with E-state index in [9.17, 15) is 9.90 Å². The quantitative estimate of drug-likeness (QED) is 0.891. The highest BCUT2D eigenvalue weighted by Gasteiger charge is 2.05. The zero-order valence-corrected chi connectivity index (χ0v) is 10.8. The van der Waals surface area contributed by atoms with Crippen molar-refractivity contribution >= 4 is 5.91 Å². The van der Waals surface area contributed by atoms with E-state index in [2.05, 4.69) is 5.32 Å². The molecule has 0 aliphatic carbocycles. The first-order chi connectivity index (χ1) is 9.69. The Labute approximate surface area is 117 Å². The van der Waals surface area contributed by atoms with Crippen molar-refractivity contribution in [3.05, 3.63) is 65.2 Å². The van der Waals surface area contributed by atoms with Gasteiger partial charge in [0.25, 0.3) is 5.91 Å². The van der Waals surface area contributed by atoms with Crippen LogP contribution in [-0.2, 0) is 6.42 Å². The van der Waals surface area contributed by atoms with Gasteiger partial charge < -0.3 is 10.4 Å². The molecule has 2 aromatic carbocycles. The van der Waals surface area contributed by atoms with Gasteiger partial charge in [0, 0.05) is 12.1 Å². The third-order valence-corrected chi connectivity index (χ3v) is 2.89. The van der Waals surface area contributed by atoms with Crippen LogP contribution in [0.15, 0.2) is 48.5 Å². The smallest absolute Gasteiger partial charge is 0.251 e. The van der Waals surface area contributed by atoms with E-state index < -0.39 is 0 Å². The zero-order valence-electron chi connectivity index (χ0n) is 10.8. The lowest BCUT2D eigenvalue weighted by molar-refractivity contribution is 0.0954. The highest BCUT2D eigenvalue weighted by molar-refractivity contribution is 5.94. The lowest BCUT2D eigenvalue weighted by Crippen LogP contribution is -2.25. The highest BCUT2D eigenvalue weighted by atomic mass is 16.3. The average Bonchev–Trinajstić information content (AvgIpc) is 2.49. The Bertz CT molecular complexity index is 642. The summed E-state index contributed by atoms with van der Waals surface area (Å²) in [4.78, 5) is 11.9. The molecule has 1 amide bonds. The van der Waals surface area contributed by atoms with Crippen molar-refractivity contribution in [1.29, 1.82) is 5.26 Å². The molecule has 0 aliphatic rings. The molecular formula is C16H14N2O2. The lowest BCUT2D eigenvalue weighted by atomic mass is 10.1. The molecule has 4 nitrogen and oxygen atoms in total. The molecule has 0 heterocycles. The van der Waals surface area contributed by atoms with Crippen LogP contribution in [0.3, 0.4) is 0 Å². The summed E-state index contributed by atoms with van der Waals surface area (Å²) in [6.07, 6.45) is 0.684. The van der Waals surface area contributed by atoms with Gasteiger partial charge >= 0.3 is 0 Å². The van der Waals surface area contributed by atoms with Crippen molar-refractivity contribution in [2.45, 2.75) is 6.42 Å². The van der Waals surface area contributed by atoms with E-state index in [1.165, 1.54) is 0 Å². The van der Waals surface area contributed by atoms with Crippen LogP contribution in [0.2, 0.25) is 0 Å². The number of hydrogen-bond acceptors (Lipinski definition) is 3. The lowest BCUT2D eigenvalue weighted by Gasteiger charge is -2.06. The molecule has 0 spiro atoms. The zero-order chi connectivity index (χ0) is 14.4. The molecule has 0 aliphatic heterocycles. The molecule has 0 unspecified atom stereocenters. The predicted molar refractivity (Wildman–Crippen MR) is 75.3 cm³/mol. The van der Waals surface area contributed by atoms with Crippen LogP contribution in [0.4, 0.5) is 0 Å². The molecule has 0 radical (unpaired) electrons. The molecule has 2 N–H and O–H groups in total. The van der Waals surface area contributed by atoms with E-state index in [0.717, 1.165) is 5.56 Å². The Balaban J connectivity index is 1.89. The molecule has 20 heavy (non-hydrogen) atoms. The Hall–Kier alpha value is -2.80. The molecule has 4 heteroatoms. The van der Waals surface area contributed by atoms with Crippen molar-refractivity contribution in [3.8, 4) is 11.8 Å². The average molecular weight is 266 g/mol. The van der Waals surface area contributed by atoms with Gasteiger partial charge in [0.15, 0.2) is 0 Å². The number of nitriles is 1. The van der Waals surface area contributed by atoms with Gasteiger partial charge in [-0.1, -0.05) is 18.2 Å². The van der Waals surface area contributed by atoms with Crippen molar-refractivity contribution in [2.24, 2.45) is 0 Å². The minimum Gasteiger partial charge on any atom is -0.508 e. The van der Waals surface area contributed by atoms with Gasteiger partial charge in [-0.2, -0.15) is 5.26 Å². The molecule has 0 bridgehead atoms.